The lowest BCUT2D eigenvalue weighted by molar-refractivity contribution is 0.186. The van der Waals surface area contributed by atoms with E-state index in [0.29, 0.717) is 6.61 Å². The van der Waals surface area contributed by atoms with E-state index in [4.69, 9.17) is 4.74 Å². The second kappa shape index (κ2) is 6.32. The summed E-state index contributed by atoms with van der Waals surface area (Å²) in [5.74, 6) is 0.813. The molecule has 2 heterocycles. The minimum Gasteiger partial charge on any atom is -0.382 e. The van der Waals surface area contributed by atoms with E-state index in [-0.39, 0.29) is 6.04 Å². The standard InChI is InChI=1S/C15H18N4OS/c1-10(8-20-2)17-15-19-18-14(9-21-15)12-7-16-13-6-4-3-5-11(12)13/h3-7,10,16H,8-9H2,1-2H3,(H,17,19)/t10-/m0/s1. The fourth-order valence-corrected chi connectivity index (χ4v) is 3.17. The molecule has 0 aliphatic carbocycles. The van der Waals surface area contributed by atoms with Crippen LogP contribution in [0.25, 0.3) is 10.9 Å². The van der Waals surface area contributed by atoms with E-state index in [1.54, 1.807) is 18.9 Å². The summed E-state index contributed by atoms with van der Waals surface area (Å²) in [6.45, 7) is 2.64. The van der Waals surface area contributed by atoms with Crippen LogP contribution in [0.5, 0.6) is 0 Å². The molecule has 1 aromatic carbocycles. The van der Waals surface area contributed by atoms with Gasteiger partial charge in [0, 0.05) is 35.5 Å². The molecule has 2 aromatic rings. The number of ether oxygens (including phenoxy) is 1. The van der Waals surface area contributed by atoms with E-state index >= 15 is 0 Å². The Labute approximate surface area is 127 Å². The predicted molar refractivity (Wildman–Crippen MR) is 89.2 cm³/mol. The molecule has 6 heteroatoms. The molecule has 5 nitrogen and oxygen atoms in total. The Morgan fingerprint density at radius 3 is 3.05 bits per heavy atom. The number of aromatic nitrogens is 1. The lowest BCUT2D eigenvalue weighted by Gasteiger charge is -2.16. The molecule has 0 spiro atoms. The molecule has 1 aliphatic rings. The lowest BCUT2D eigenvalue weighted by atomic mass is 10.1. The average molecular weight is 302 g/mol. The third-order valence-corrected chi connectivity index (χ3v) is 4.17. The summed E-state index contributed by atoms with van der Waals surface area (Å²) < 4.78 is 5.09. The summed E-state index contributed by atoms with van der Waals surface area (Å²) in [5.41, 5.74) is 6.36. The Kier molecular flexibility index (Phi) is 4.26. The van der Waals surface area contributed by atoms with Crippen molar-refractivity contribution in [3.8, 4) is 0 Å². The maximum absolute atomic E-state index is 5.09. The first-order valence-corrected chi connectivity index (χ1v) is 7.85. The van der Waals surface area contributed by atoms with Gasteiger partial charge in [0.1, 0.15) is 0 Å². The van der Waals surface area contributed by atoms with E-state index in [2.05, 4.69) is 32.6 Å². The highest BCUT2D eigenvalue weighted by atomic mass is 32.2. The van der Waals surface area contributed by atoms with Crippen LogP contribution < -0.4 is 5.43 Å². The maximum atomic E-state index is 5.09. The maximum Gasteiger partial charge on any atom is 0.177 e. The molecule has 1 atom stereocenters. The minimum atomic E-state index is 0.134. The highest BCUT2D eigenvalue weighted by Gasteiger charge is 2.16. The molecule has 2 N–H and O–H groups in total. The van der Waals surface area contributed by atoms with E-state index in [9.17, 15) is 0 Å². The predicted octanol–water partition coefficient (Wildman–Crippen LogP) is 2.60. The molecule has 0 fully saturated rings. The van der Waals surface area contributed by atoms with Crippen molar-refractivity contribution in [2.75, 3.05) is 19.5 Å². The number of nitrogens with one attached hydrogen (secondary N) is 2. The molecule has 1 aliphatic heterocycles. The lowest BCUT2D eigenvalue weighted by Crippen LogP contribution is -2.27. The van der Waals surface area contributed by atoms with Crippen molar-refractivity contribution < 1.29 is 4.74 Å². The molecule has 0 amide bonds. The molecule has 110 valence electrons. The summed E-state index contributed by atoms with van der Waals surface area (Å²) in [6.07, 6.45) is 2.02. The van der Waals surface area contributed by atoms with Crippen molar-refractivity contribution in [2.45, 2.75) is 13.0 Å². The summed E-state index contributed by atoms with van der Waals surface area (Å²) in [6, 6.07) is 8.39. The van der Waals surface area contributed by atoms with E-state index < -0.39 is 0 Å². The molecule has 0 saturated heterocycles. The number of hydrogen-bond acceptors (Lipinski definition) is 4. The van der Waals surface area contributed by atoms with Gasteiger partial charge in [0.15, 0.2) is 5.17 Å². The zero-order chi connectivity index (χ0) is 14.7. The molecule has 0 unspecified atom stereocenters. The summed E-state index contributed by atoms with van der Waals surface area (Å²) in [5, 5.41) is 6.52. The molecule has 0 radical (unpaired) electrons. The first-order valence-electron chi connectivity index (χ1n) is 6.86. The van der Waals surface area contributed by atoms with E-state index in [1.165, 1.54) is 5.39 Å². The van der Waals surface area contributed by atoms with Crippen molar-refractivity contribution in [2.24, 2.45) is 10.1 Å². The first kappa shape index (κ1) is 14.2. The highest BCUT2D eigenvalue weighted by molar-refractivity contribution is 8.14. The fraction of sp³-hybridized carbons (Fsp3) is 0.333. The second-order valence-electron chi connectivity index (χ2n) is 4.95. The average Bonchev–Trinajstić information content (AvgIpc) is 2.92. The molecular weight excluding hydrogens is 284 g/mol. The smallest absolute Gasteiger partial charge is 0.177 e. The van der Waals surface area contributed by atoms with Crippen LogP contribution in [0.2, 0.25) is 0 Å². The van der Waals surface area contributed by atoms with Crippen LogP contribution in [0.4, 0.5) is 0 Å². The third kappa shape index (κ3) is 3.11. The Hall–Kier alpha value is -1.79. The van der Waals surface area contributed by atoms with Gasteiger partial charge in [0.05, 0.1) is 18.4 Å². The molecule has 3 rings (SSSR count). The second-order valence-corrected chi connectivity index (χ2v) is 5.91. The summed E-state index contributed by atoms with van der Waals surface area (Å²) in [4.78, 5) is 7.81. The van der Waals surface area contributed by atoms with Crippen molar-refractivity contribution in [1.29, 1.82) is 0 Å². The molecule has 21 heavy (non-hydrogen) atoms. The van der Waals surface area contributed by atoms with Crippen LogP contribution >= 0.6 is 11.8 Å². The summed E-state index contributed by atoms with van der Waals surface area (Å²) >= 11 is 1.67. The number of para-hydroxylation sites is 1. The first-order chi connectivity index (χ1) is 10.3. The number of H-pyrrole nitrogens is 1. The van der Waals surface area contributed by atoms with Gasteiger partial charge in [-0.3, -0.25) is 10.4 Å². The Morgan fingerprint density at radius 2 is 2.29 bits per heavy atom. The zero-order valence-corrected chi connectivity index (χ0v) is 12.9. The fourth-order valence-electron chi connectivity index (χ4n) is 2.31. The Balaban J connectivity index is 1.79. The largest absolute Gasteiger partial charge is 0.382 e. The van der Waals surface area contributed by atoms with Gasteiger partial charge in [-0.05, 0) is 13.0 Å². The van der Waals surface area contributed by atoms with E-state index in [0.717, 1.165) is 27.7 Å². The van der Waals surface area contributed by atoms with E-state index in [1.807, 2.05) is 25.3 Å². The van der Waals surface area contributed by atoms with Gasteiger partial charge < -0.3 is 9.72 Å². The number of fused-ring (bicyclic) bond motifs is 1. The van der Waals surface area contributed by atoms with Gasteiger partial charge in [-0.2, -0.15) is 5.10 Å². The molecule has 1 aromatic heterocycles. The van der Waals surface area contributed by atoms with Crippen LogP contribution in [-0.2, 0) is 4.74 Å². The number of aromatic amines is 1. The van der Waals surface area contributed by atoms with Gasteiger partial charge in [0.2, 0.25) is 0 Å². The van der Waals surface area contributed by atoms with Crippen molar-refractivity contribution in [3.63, 3.8) is 0 Å². The third-order valence-electron chi connectivity index (χ3n) is 3.28. The number of hydrazone groups is 1. The number of rotatable bonds is 4. The SMILES string of the molecule is COC[C@H](C)N=C1NN=C(c2c[nH]c3ccccc23)CS1. The Morgan fingerprint density at radius 1 is 1.43 bits per heavy atom. The molecular formula is C15H18N4OS. The van der Waals surface area contributed by atoms with Crippen LogP contribution in [0.1, 0.15) is 12.5 Å². The Bertz CT molecular complexity index is 692. The molecule has 0 bridgehead atoms. The van der Waals surface area contributed by atoms with Crippen molar-refractivity contribution in [1.82, 2.24) is 10.4 Å². The van der Waals surface area contributed by atoms with Gasteiger partial charge in [-0.15, -0.1) is 0 Å². The van der Waals surface area contributed by atoms with Gasteiger partial charge in [-0.25, -0.2) is 0 Å². The topological polar surface area (TPSA) is 61.8 Å². The number of nitrogens with zero attached hydrogens (tertiary/aromatic N) is 2. The van der Waals surface area contributed by atoms with Gasteiger partial charge in [0.25, 0.3) is 0 Å². The number of amidine groups is 1. The normalized spacial score (nSPS) is 18.6. The number of benzene rings is 1. The summed E-state index contributed by atoms with van der Waals surface area (Å²) in [7, 11) is 1.69. The quantitative estimate of drug-likeness (QED) is 0.912. The monoisotopic (exact) mass is 302 g/mol. The van der Waals surface area contributed by atoms with Crippen LogP contribution in [0.3, 0.4) is 0 Å². The minimum absolute atomic E-state index is 0.134. The van der Waals surface area contributed by atoms with Crippen molar-refractivity contribution >= 4 is 33.5 Å². The highest BCUT2D eigenvalue weighted by Crippen LogP contribution is 2.22. The zero-order valence-electron chi connectivity index (χ0n) is 12.1. The number of thioether (sulfide) groups is 1. The number of hydrogen-bond donors (Lipinski definition) is 2. The van der Waals surface area contributed by atoms with Crippen LogP contribution in [-0.4, -0.2) is 41.4 Å². The van der Waals surface area contributed by atoms with Gasteiger partial charge >= 0.3 is 0 Å². The van der Waals surface area contributed by atoms with Gasteiger partial charge in [-0.1, -0.05) is 30.0 Å². The number of methoxy groups -OCH3 is 1. The van der Waals surface area contributed by atoms with Crippen molar-refractivity contribution in [3.05, 3.63) is 36.0 Å². The molecule has 0 saturated carbocycles. The van der Waals surface area contributed by atoms with Crippen LogP contribution in [0.15, 0.2) is 40.6 Å². The number of aliphatic imine (C=N–C) groups is 1. The van der Waals surface area contributed by atoms with Crippen LogP contribution in [0, 0.1) is 0 Å².